The predicted octanol–water partition coefficient (Wildman–Crippen LogP) is 3.32. The van der Waals surface area contributed by atoms with Gasteiger partial charge in [0, 0.05) is 6.42 Å². The van der Waals surface area contributed by atoms with E-state index in [2.05, 4.69) is 16.6 Å². The van der Waals surface area contributed by atoms with Crippen LogP contribution >= 0.6 is 0 Å². The number of terminal acetylenes is 1. The smallest absolute Gasteiger partial charge is 0.254 e. The van der Waals surface area contributed by atoms with Crippen molar-refractivity contribution in [2.45, 2.75) is 19.3 Å². The summed E-state index contributed by atoms with van der Waals surface area (Å²) in [5, 5.41) is 5.33. The molecule has 2 rings (SSSR count). The van der Waals surface area contributed by atoms with E-state index < -0.39 is 0 Å². The van der Waals surface area contributed by atoms with Crippen LogP contribution in [0.1, 0.15) is 35.2 Å². The van der Waals surface area contributed by atoms with Gasteiger partial charge in [-0.05, 0) is 35.7 Å². The SMILES string of the molecule is C#CCNC(=O)c1ccccc1NC(=O)CC(C)c1ccc(F)cc1. The van der Waals surface area contributed by atoms with E-state index in [1.54, 1.807) is 36.4 Å². The monoisotopic (exact) mass is 338 g/mol. The van der Waals surface area contributed by atoms with E-state index in [1.807, 2.05) is 6.92 Å². The highest BCUT2D eigenvalue weighted by Crippen LogP contribution is 2.21. The number of anilines is 1. The molecule has 0 fully saturated rings. The molecule has 2 aromatic carbocycles. The second kappa shape index (κ2) is 8.65. The van der Waals surface area contributed by atoms with Gasteiger partial charge in [0.1, 0.15) is 5.82 Å². The molecule has 0 saturated heterocycles. The van der Waals surface area contributed by atoms with Gasteiger partial charge in [-0.25, -0.2) is 4.39 Å². The minimum atomic E-state index is -0.347. The van der Waals surface area contributed by atoms with Gasteiger partial charge in [0.2, 0.25) is 5.91 Å². The average molecular weight is 338 g/mol. The zero-order valence-corrected chi connectivity index (χ0v) is 13.9. The molecule has 0 heterocycles. The highest BCUT2D eigenvalue weighted by atomic mass is 19.1. The first-order valence-electron chi connectivity index (χ1n) is 7.87. The van der Waals surface area contributed by atoms with Crippen LogP contribution in [0, 0.1) is 18.2 Å². The van der Waals surface area contributed by atoms with E-state index in [-0.39, 0.29) is 36.5 Å². The summed E-state index contributed by atoms with van der Waals surface area (Å²) in [6.45, 7) is 2.00. The fraction of sp³-hybridized carbons (Fsp3) is 0.200. The van der Waals surface area contributed by atoms with Crippen LogP contribution < -0.4 is 10.6 Å². The fourth-order valence-corrected chi connectivity index (χ4v) is 2.41. The lowest BCUT2D eigenvalue weighted by atomic mass is 9.97. The highest BCUT2D eigenvalue weighted by Gasteiger charge is 2.15. The maximum Gasteiger partial charge on any atom is 0.254 e. The molecule has 0 spiro atoms. The number of carbonyl (C=O) groups excluding carboxylic acids is 2. The van der Waals surface area contributed by atoms with Crippen molar-refractivity contribution in [2.24, 2.45) is 0 Å². The molecule has 25 heavy (non-hydrogen) atoms. The molecule has 0 bridgehead atoms. The van der Waals surface area contributed by atoms with Crippen LogP contribution in [0.25, 0.3) is 0 Å². The molecule has 2 N–H and O–H groups in total. The molecule has 0 aromatic heterocycles. The van der Waals surface area contributed by atoms with Crippen LogP contribution in [-0.2, 0) is 4.79 Å². The van der Waals surface area contributed by atoms with Crippen molar-refractivity contribution < 1.29 is 14.0 Å². The molecule has 0 radical (unpaired) electrons. The molecule has 2 amide bonds. The van der Waals surface area contributed by atoms with E-state index in [9.17, 15) is 14.0 Å². The third kappa shape index (κ3) is 5.18. The summed E-state index contributed by atoms with van der Waals surface area (Å²) in [6.07, 6.45) is 5.35. The Morgan fingerprint density at radius 3 is 2.52 bits per heavy atom. The molecule has 128 valence electrons. The Kier molecular flexibility index (Phi) is 6.30. The van der Waals surface area contributed by atoms with Crippen LogP contribution in [0.5, 0.6) is 0 Å². The Morgan fingerprint density at radius 1 is 1.16 bits per heavy atom. The lowest BCUT2D eigenvalue weighted by Crippen LogP contribution is -2.25. The second-order valence-electron chi connectivity index (χ2n) is 5.64. The van der Waals surface area contributed by atoms with E-state index in [4.69, 9.17) is 6.42 Å². The Hall–Kier alpha value is -3.13. The van der Waals surface area contributed by atoms with Crippen LogP contribution in [-0.4, -0.2) is 18.4 Å². The quantitative estimate of drug-likeness (QED) is 0.794. The minimum absolute atomic E-state index is 0.0805. The zero-order valence-electron chi connectivity index (χ0n) is 13.9. The largest absolute Gasteiger partial charge is 0.341 e. The van der Waals surface area contributed by atoms with Gasteiger partial charge in [0.15, 0.2) is 0 Å². The first-order valence-corrected chi connectivity index (χ1v) is 7.87. The summed E-state index contributed by atoms with van der Waals surface area (Å²) < 4.78 is 13.0. The summed E-state index contributed by atoms with van der Waals surface area (Å²) in [6, 6.07) is 12.8. The first-order chi connectivity index (χ1) is 12.0. The van der Waals surface area contributed by atoms with Gasteiger partial charge < -0.3 is 10.6 Å². The molecule has 4 nitrogen and oxygen atoms in total. The van der Waals surface area contributed by atoms with Crippen LogP contribution in [0.2, 0.25) is 0 Å². The summed E-state index contributed by atoms with van der Waals surface area (Å²) in [7, 11) is 0. The van der Waals surface area contributed by atoms with Gasteiger partial charge >= 0.3 is 0 Å². The second-order valence-corrected chi connectivity index (χ2v) is 5.64. The predicted molar refractivity (Wildman–Crippen MR) is 95.7 cm³/mol. The van der Waals surface area contributed by atoms with E-state index in [0.717, 1.165) is 5.56 Å². The number of para-hydroxylation sites is 1. The molecular weight excluding hydrogens is 319 g/mol. The Balaban J connectivity index is 2.04. The molecule has 0 aliphatic heterocycles. The van der Waals surface area contributed by atoms with E-state index >= 15 is 0 Å². The number of nitrogens with one attached hydrogen (secondary N) is 2. The lowest BCUT2D eigenvalue weighted by molar-refractivity contribution is -0.116. The summed E-state index contributed by atoms with van der Waals surface area (Å²) in [5.41, 5.74) is 1.64. The topological polar surface area (TPSA) is 58.2 Å². The standard InChI is InChI=1S/C20H19FN2O2/c1-3-12-22-20(25)17-6-4-5-7-18(17)23-19(24)13-14(2)15-8-10-16(21)11-9-15/h1,4-11,14H,12-13H2,2H3,(H,22,25)(H,23,24). The molecule has 1 unspecified atom stereocenters. The number of hydrogen-bond acceptors (Lipinski definition) is 2. The van der Waals surface area contributed by atoms with Crippen LogP contribution in [0.3, 0.4) is 0 Å². The van der Waals surface area contributed by atoms with Crippen LogP contribution in [0.4, 0.5) is 10.1 Å². The number of benzene rings is 2. The summed E-state index contributed by atoms with van der Waals surface area (Å²) >= 11 is 0. The number of hydrogen-bond donors (Lipinski definition) is 2. The molecule has 0 aliphatic carbocycles. The van der Waals surface area contributed by atoms with Gasteiger partial charge in [0.05, 0.1) is 17.8 Å². The maximum absolute atomic E-state index is 13.0. The minimum Gasteiger partial charge on any atom is -0.341 e. The van der Waals surface area contributed by atoms with Crippen molar-refractivity contribution in [3.8, 4) is 12.3 Å². The fourth-order valence-electron chi connectivity index (χ4n) is 2.41. The summed E-state index contributed by atoms with van der Waals surface area (Å²) in [5.74, 6) is 1.36. The van der Waals surface area contributed by atoms with Gasteiger partial charge in [0.25, 0.3) is 5.91 Å². The molecule has 5 heteroatoms. The number of carbonyl (C=O) groups is 2. The van der Waals surface area contributed by atoms with Crippen LogP contribution in [0.15, 0.2) is 48.5 Å². The number of halogens is 1. The lowest BCUT2D eigenvalue weighted by Gasteiger charge is -2.14. The zero-order chi connectivity index (χ0) is 18.2. The Morgan fingerprint density at radius 2 is 1.84 bits per heavy atom. The van der Waals surface area contributed by atoms with Crippen molar-refractivity contribution in [3.05, 3.63) is 65.5 Å². The normalized spacial score (nSPS) is 11.2. The molecule has 0 aliphatic rings. The number of rotatable bonds is 6. The molecule has 0 saturated carbocycles. The highest BCUT2D eigenvalue weighted by molar-refractivity contribution is 6.03. The van der Waals surface area contributed by atoms with Crippen molar-refractivity contribution in [2.75, 3.05) is 11.9 Å². The average Bonchev–Trinajstić information content (AvgIpc) is 2.60. The summed E-state index contributed by atoms with van der Waals surface area (Å²) in [4.78, 5) is 24.4. The Bertz CT molecular complexity index is 794. The van der Waals surface area contributed by atoms with Gasteiger partial charge in [-0.15, -0.1) is 6.42 Å². The van der Waals surface area contributed by atoms with E-state index in [1.165, 1.54) is 12.1 Å². The maximum atomic E-state index is 13.0. The van der Waals surface area contributed by atoms with Crippen molar-refractivity contribution in [1.82, 2.24) is 5.32 Å². The molecule has 2 aromatic rings. The van der Waals surface area contributed by atoms with Crippen molar-refractivity contribution in [1.29, 1.82) is 0 Å². The first kappa shape index (κ1) is 18.2. The van der Waals surface area contributed by atoms with E-state index in [0.29, 0.717) is 11.3 Å². The van der Waals surface area contributed by atoms with Gasteiger partial charge in [-0.1, -0.05) is 37.1 Å². The van der Waals surface area contributed by atoms with Crippen molar-refractivity contribution in [3.63, 3.8) is 0 Å². The molecule has 1 atom stereocenters. The molecular formula is C20H19FN2O2. The Labute approximate surface area is 146 Å². The third-order valence-electron chi connectivity index (χ3n) is 3.73. The van der Waals surface area contributed by atoms with Gasteiger partial charge in [-0.3, -0.25) is 9.59 Å². The van der Waals surface area contributed by atoms with Crippen molar-refractivity contribution >= 4 is 17.5 Å². The third-order valence-corrected chi connectivity index (χ3v) is 3.73. The van der Waals surface area contributed by atoms with Gasteiger partial charge in [-0.2, -0.15) is 0 Å². The number of amides is 2.